The van der Waals surface area contributed by atoms with Crippen molar-refractivity contribution in [1.29, 1.82) is 0 Å². The summed E-state index contributed by atoms with van der Waals surface area (Å²) in [6.45, 7) is 0. The molecule has 6 heteroatoms. The van der Waals surface area contributed by atoms with Crippen molar-refractivity contribution in [1.82, 2.24) is 24.7 Å². The lowest BCUT2D eigenvalue weighted by Gasteiger charge is -1.98. The van der Waals surface area contributed by atoms with E-state index in [2.05, 4.69) is 20.2 Å². The highest BCUT2D eigenvalue weighted by atomic mass is 15.3. The zero-order valence-electron chi connectivity index (χ0n) is 7.05. The molecule has 0 unspecified atom stereocenters. The molecular weight excluding hydrogens is 168 g/mol. The Morgan fingerprint density at radius 2 is 2.31 bits per heavy atom. The van der Waals surface area contributed by atoms with Gasteiger partial charge in [0.2, 0.25) is 5.82 Å². The molecule has 0 saturated heterocycles. The molecule has 2 aromatic rings. The van der Waals surface area contributed by atoms with Crippen LogP contribution in [0.15, 0.2) is 18.6 Å². The van der Waals surface area contributed by atoms with E-state index in [0.717, 1.165) is 0 Å². The molecular formula is C7H8N6. The number of aryl methyl sites for hydroxylation is 1. The van der Waals surface area contributed by atoms with E-state index in [1.807, 2.05) is 7.05 Å². The van der Waals surface area contributed by atoms with E-state index in [0.29, 0.717) is 17.5 Å². The number of nitrogens with zero attached hydrogens (tertiary/aromatic N) is 5. The minimum atomic E-state index is 0.424. The largest absolute Gasteiger partial charge is 0.384 e. The zero-order chi connectivity index (χ0) is 9.26. The zero-order valence-corrected chi connectivity index (χ0v) is 7.05. The third kappa shape index (κ3) is 1.33. The van der Waals surface area contributed by atoms with E-state index in [4.69, 9.17) is 5.73 Å². The third-order valence-corrected chi connectivity index (χ3v) is 1.59. The van der Waals surface area contributed by atoms with Crippen LogP contribution in [-0.2, 0) is 7.05 Å². The molecule has 6 nitrogen and oxygen atoms in total. The molecule has 0 spiro atoms. The normalized spacial score (nSPS) is 10.2. The van der Waals surface area contributed by atoms with Gasteiger partial charge in [-0.15, -0.1) is 10.2 Å². The fraction of sp³-hybridized carbons (Fsp3) is 0.143. The highest BCUT2D eigenvalue weighted by molar-refractivity contribution is 5.45. The summed E-state index contributed by atoms with van der Waals surface area (Å²) in [6.07, 6.45) is 3.17. The van der Waals surface area contributed by atoms with Crippen LogP contribution >= 0.6 is 0 Å². The third-order valence-electron chi connectivity index (χ3n) is 1.59. The van der Waals surface area contributed by atoms with Gasteiger partial charge in [0, 0.05) is 13.2 Å². The number of nitrogen functional groups attached to an aromatic ring is 1. The lowest BCUT2D eigenvalue weighted by Crippen LogP contribution is -1.99. The number of nitrogens with two attached hydrogens (primary N) is 1. The molecule has 0 atom stereocenters. The number of hydrogen-bond acceptors (Lipinski definition) is 5. The highest BCUT2D eigenvalue weighted by Crippen LogP contribution is 2.09. The molecule has 2 heterocycles. The summed E-state index contributed by atoms with van der Waals surface area (Å²) < 4.78 is 1.73. The second kappa shape index (κ2) is 2.81. The van der Waals surface area contributed by atoms with Gasteiger partial charge in [0.05, 0.1) is 0 Å². The van der Waals surface area contributed by atoms with Crippen LogP contribution in [0.2, 0.25) is 0 Å². The molecule has 0 radical (unpaired) electrons. The SMILES string of the molecule is Cn1cnnc1-c1nccc(N)n1. The summed E-state index contributed by atoms with van der Waals surface area (Å²) >= 11 is 0. The minimum Gasteiger partial charge on any atom is -0.384 e. The predicted molar refractivity (Wildman–Crippen MR) is 46.4 cm³/mol. The standard InChI is InChI=1S/C7H8N6/c1-13-4-10-12-7(13)6-9-3-2-5(8)11-6/h2-4H,1H3,(H2,8,9,11). The monoisotopic (exact) mass is 176 g/mol. The smallest absolute Gasteiger partial charge is 0.201 e. The molecule has 0 aliphatic rings. The molecule has 2 aromatic heterocycles. The molecule has 2 N–H and O–H groups in total. The van der Waals surface area contributed by atoms with Crippen LogP contribution in [0, 0.1) is 0 Å². The second-order valence-electron chi connectivity index (χ2n) is 2.57. The van der Waals surface area contributed by atoms with Crippen molar-refractivity contribution in [3.8, 4) is 11.6 Å². The van der Waals surface area contributed by atoms with E-state index in [9.17, 15) is 0 Å². The summed E-state index contributed by atoms with van der Waals surface area (Å²) in [4.78, 5) is 8.05. The van der Waals surface area contributed by atoms with E-state index in [1.54, 1.807) is 23.2 Å². The molecule has 0 saturated carbocycles. The number of hydrogen-bond donors (Lipinski definition) is 1. The van der Waals surface area contributed by atoms with Crippen LogP contribution in [0.4, 0.5) is 5.82 Å². The van der Waals surface area contributed by atoms with Crippen molar-refractivity contribution in [2.75, 3.05) is 5.73 Å². The average molecular weight is 176 g/mol. The van der Waals surface area contributed by atoms with Gasteiger partial charge in [0.1, 0.15) is 12.1 Å². The van der Waals surface area contributed by atoms with Gasteiger partial charge in [0.25, 0.3) is 0 Å². The van der Waals surface area contributed by atoms with E-state index in [1.165, 1.54) is 0 Å². The lowest BCUT2D eigenvalue weighted by atomic mass is 10.5. The molecule has 66 valence electrons. The van der Waals surface area contributed by atoms with Crippen molar-refractivity contribution < 1.29 is 0 Å². The maximum Gasteiger partial charge on any atom is 0.201 e. The Labute approximate surface area is 74.5 Å². The average Bonchev–Trinajstić information content (AvgIpc) is 2.51. The summed E-state index contributed by atoms with van der Waals surface area (Å²) in [5.74, 6) is 1.51. The Kier molecular flexibility index (Phi) is 1.66. The van der Waals surface area contributed by atoms with E-state index >= 15 is 0 Å². The summed E-state index contributed by atoms with van der Waals surface area (Å²) in [6, 6.07) is 1.62. The molecule has 0 bridgehead atoms. The van der Waals surface area contributed by atoms with Crippen molar-refractivity contribution in [2.24, 2.45) is 7.05 Å². The van der Waals surface area contributed by atoms with Gasteiger partial charge >= 0.3 is 0 Å². The maximum absolute atomic E-state index is 5.51. The van der Waals surface area contributed by atoms with Gasteiger partial charge in [-0.3, -0.25) is 0 Å². The van der Waals surface area contributed by atoms with Crippen LogP contribution in [0.3, 0.4) is 0 Å². The predicted octanol–water partition coefficient (Wildman–Crippen LogP) is -0.146. The molecule has 0 amide bonds. The Bertz CT molecular complexity index is 420. The molecule has 0 fully saturated rings. The highest BCUT2D eigenvalue weighted by Gasteiger charge is 2.06. The van der Waals surface area contributed by atoms with Crippen LogP contribution in [0.1, 0.15) is 0 Å². The van der Waals surface area contributed by atoms with Crippen LogP contribution in [0.5, 0.6) is 0 Å². The van der Waals surface area contributed by atoms with Crippen molar-refractivity contribution in [3.05, 3.63) is 18.6 Å². The molecule has 0 aromatic carbocycles. The van der Waals surface area contributed by atoms with Crippen molar-refractivity contribution in [3.63, 3.8) is 0 Å². The number of aromatic nitrogens is 5. The Balaban J connectivity index is 2.53. The molecule has 0 aliphatic heterocycles. The van der Waals surface area contributed by atoms with Gasteiger partial charge in [-0.2, -0.15) is 0 Å². The summed E-state index contributed by atoms with van der Waals surface area (Å²) in [5, 5.41) is 7.58. The van der Waals surface area contributed by atoms with Crippen molar-refractivity contribution >= 4 is 5.82 Å². The van der Waals surface area contributed by atoms with Gasteiger partial charge in [-0.1, -0.05) is 0 Å². The first-order chi connectivity index (χ1) is 6.27. The number of anilines is 1. The van der Waals surface area contributed by atoms with Gasteiger partial charge in [-0.05, 0) is 6.07 Å². The Morgan fingerprint density at radius 1 is 1.46 bits per heavy atom. The fourth-order valence-corrected chi connectivity index (χ4v) is 0.966. The number of rotatable bonds is 1. The first-order valence-electron chi connectivity index (χ1n) is 3.70. The first-order valence-corrected chi connectivity index (χ1v) is 3.70. The Morgan fingerprint density at radius 3 is 2.92 bits per heavy atom. The van der Waals surface area contributed by atoms with Gasteiger partial charge in [-0.25, -0.2) is 9.97 Å². The lowest BCUT2D eigenvalue weighted by molar-refractivity contribution is 0.904. The van der Waals surface area contributed by atoms with E-state index < -0.39 is 0 Å². The summed E-state index contributed by atoms with van der Waals surface area (Å²) in [7, 11) is 1.82. The van der Waals surface area contributed by atoms with E-state index in [-0.39, 0.29) is 0 Å². The quantitative estimate of drug-likeness (QED) is 0.653. The van der Waals surface area contributed by atoms with Gasteiger partial charge < -0.3 is 10.3 Å². The summed E-state index contributed by atoms with van der Waals surface area (Å²) in [5.41, 5.74) is 5.51. The van der Waals surface area contributed by atoms with Crippen LogP contribution < -0.4 is 5.73 Å². The maximum atomic E-state index is 5.51. The van der Waals surface area contributed by atoms with Gasteiger partial charge in [0.15, 0.2) is 5.82 Å². The minimum absolute atomic E-state index is 0.424. The molecule has 2 rings (SSSR count). The van der Waals surface area contributed by atoms with Crippen LogP contribution in [0.25, 0.3) is 11.6 Å². The Hall–Kier alpha value is -1.98. The first kappa shape index (κ1) is 7.66. The van der Waals surface area contributed by atoms with Crippen LogP contribution in [-0.4, -0.2) is 24.7 Å². The molecule has 13 heavy (non-hydrogen) atoms. The second-order valence-corrected chi connectivity index (χ2v) is 2.57. The fourth-order valence-electron chi connectivity index (χ4n) is 0.966. The molecule has 0 aliphatic carbocycles. The van der Waals surface area contributed by atoms with Crippen molar-refractivity contribution in [2.45, 2.75) is 0 Å². The topological polar surface area (TPSA) is 82.5 Å².